The number of carbonyl (C=O) groups is 1. The number of hydrogen-bond acceptors (Lipinski definition) is 6. The van der Waals surface area contributed by atoms with E-state index in [2.05, 4.69) is 9.46 Å². The number of rotatable bonds is 4. The number of esters is 1. The number of nitrogens with one attached hydrogen (secondary N) is 1. The third kappa shape index (κ3) is 3.45. The predicted molar refractivity (Wildman–Crippen MR) is 79.0 cm³/mol. The number of aliphatic hydroxyl groups is 1. The second-order valence-electron chi connectivity index (χ2n) is 5.15. The highest BCUT2D eigenvalue weighted by molar-refractivity contribution is 7.89. The molecule has 2 N–H and O–H groups in total. The van der Waals surface area contributed by atoms with Gasteiger partial charge in [0.15, 0.2) is 0 Å². The molecule has 0 aromatic carbocycles. The summed E-state index contributed by atoms with van der Waals surface area (Å²) < 4.78 is 32.2. The summed E-state index contributed by atoms with van der Waals surface area (Å²) in [6.07, 6.45) is 2.26. The highest BCUT2D eigenvalue weighted by atomic mass is 32.2. The van der Waals surface area contributed by atoms with E-state index >= 15 is 0 Å². The van der Waals surface area contributed by atoms with Gasteiger partial charge in [0.2, 0.25) is 10.0 Å². The van der Waals surface area contributed by atoms with Crippen LogP contribution >= 0.6 is 11.3 Å². The van der Waals surface area contributed by atoms with Crippen molar-refractivity contribution >= 4 is 27.3 Å². The zero-order valence-corrected chi connectivity index (χ0v) is 13.6. The van der Waals surface area contributed by atoms with E-state index in [1.165, 1.54) is 7.11 Å². The fourth-order valence-electron chi connectivity index (χ4n) is 2.51. The molecule has 0 radical (unpaired) electrons. The minimum absolute atomic E-state index is 0.0443. The maximum absolute atomic E-state index is 12.5. The molecular weight excluding hydrogens is 314 g/mol. The van der Waals surface area contributed by atoms with Gasteiger partial charge < -0.3 is 9.84 Å². The van der Waals surface area contributed by atoms with Gasteiger partial charge in [-0.2, -0.15) is 0 Å². The van der Waals surface area contributed by atoms with Gasteiger partial charge in [-0.15, -0.1) is 11.3 Å². The second-order valence-corrected chi connectivity index (χ2v) is 7.68. The number of aryl methyl sites for hydroxylation is 1. The zero-order valence-electron chi connectivity index (χ0n) is 12.0. The number of methoxy groups -OCH3 is 1. The van der Waals surface area contributed by atoms with Gasteiger partial charge in [0.25, 0.3) is 0 Å². The van der Waals surface area contributed by atoms with Crippen LogP contribution in [-0.2, 0) is 14.8 Å². The van der Waals surface area contributed by atoms with E-state index in [0.29, 0.717) is 18.4 Å². The molecule has 1 fully saturated rings. The normalized spacial score (nSPS) is 23.0. The van der Waals surface area contributed by atoms with E-state index in [4.69, 9.17) is 0 Å². The third-order valence-corrected chi connectivity index (χ3v) is 6.48. The molecular formula is C13H19NO5S2. The molecule has 1 heterocycles. The molecule has 2 atom stereocenters. The Hall–Kier alpha value is -0.960. The summed E-state index contributed by atoms with van der Waals surface area (Å²) in [6.45, 7) is 1.63. The maximum atomic E-state index is 12.5. The molecule has 118 valence electrons. The second kappa shape index (κ2) is 6.43. The van der Waals surface area contributed by atoms with Crippen LogP contribution in [0.25, 0.3) is 0 Å². The SMILES string of the molecule is COC(=O)c1scc(C)c1S(=O)(=O)N[C@@H]1CCCC[C@H]1O. The van der Waals surface area contributed by atoms with Crippen molar-refractivity contribution in [2.75, 3.05) is 7.11 Å². The lowest BCUT2D eigenvalue weighted by Crippen LogP contribution is -2.45. The number of sulfonamides is 1. The van der Waals surface area contributed by atoms with E-state index in [1.807, 2.05) is 0 Å². The van der Waals surface area contributed by atoms with Crippen molar-refractivity contribution in [1.82, 2.24) is 4.72 Å². The van der Waals surface area contributed by atoms with Crippen molar-refractivity contribution in [2.24, 2.45) is 0 Å². The molecule has 0 saturated heterocycles. The Bertz CT molecular complexity index is 623. The van der Waals surface area contributed by atoms with Crippen molar-refractivity contribution in [3.63, 3.8) is 0 Å². The summed E-state index contributed by atoms with van der Waals surface area (Å²) in [7, 11) is -2.65. The molecule has 1 aromatic rings. The van der Waals surface area contributed by atoms with Gasteiger partial charge in [-0.1, -0.05) is 12.8 Å². The van der Waals surface area contributed by atoms with Crippen LogP contribution in [0.5, 0.6) is 0 Å². The van der Waals surface area contributed by atoms with Crippen LogP contribution in [0.4, 0.5) is 0 Å². The summed E-state index contributed by atoms with van der Waals surface area (Å²) in [5.41, 5.74) is 0.498. The van der Waals surface area contributed by atoms with Crippen LogP contribution < -0.4 is 4.72 Å². The molecule has 1 aromatic heterocycles. The maximum Gasteiger partial charge on any atom is 0.349 e. The van der Waals surface area contributed by atoms with Gasteiger partial charge >= 0.3 is 5.97 Å². The quantitative estimate of drug-likeness (QED) is 0.813. The first-order valence-electron chi connectivity index (χ1n) is 6.73. The lowest BCUT2D eigenvalue weighted by Gasteiger charge is -2.28. The molecule has 0 spiro atoms. The number of thiophene rings is 1. The largest absolute Gasteiger partial charge is 0.465 e. The smallest absolute Gasteiger partial charge is 0.349 e. The Morgan fingerprint density at radius 2 is 2.10 bits per heavy atom. The zero-order chi connectivity index (χ0) is 15.6. The molecule has 1 aliphatic carbocycles. The van der Waals surface area contributed by atoms with Crippen LogP contribution in [0.3, 0.4) is 0 Å². The molecule has 21 heavy (non-hydrogen) atoms. The van der Waals surface area contributed by atoms with Crippen molar-refractivity contribution in [3.8, 4) is 0 Å². The van der Waals surface area contributed by atoms with Gasteiger partial charge in [0, 0.05) is 6.04 Å². The number of ether oxygens (including phenoxy) is 1. The highest BCUT2D eigenvalue weighted by Gasteiger charge is 2.32. The van der Waals surface area contributed by atoms with Crippen molar-refractivity contribution in [1.29, 1.82) is 0 Å². The standard InChI is InChI=1S/C13H19NO5S2/c1-8-7-20-11(13(16)19-2)12(8)21(17,18)14-9-5-3-4-6-10(9)15/h7,9-10,14-15H,3-6H2,1-2H3/t9-,10-/m1/s1. The number of carbonyl (C=O) groups excluding carboxylic acids is 1. The summed E-state index contributed by atoms with van der Waals surface area (Å²) in [4.78, 5) is 11.7. The summed E-state index contributed by atoms with van der Waals surface area (Å²) in [5, 5.41) is 11.5. The van der Waals surface area contributed by atoms with E-state index in [1.54, 1.807) is 12.3 Å². The average molecular weight is 333 g/mol. The van der Waals surface area contributed by atoms with Gasteiger partial charge in [-0.3, -0.25) is 0 Å². The third-order valence-electron chi connectivity index (χ3n) is 3.59. The molecule has 1 aliphatic rings. The molecule has 0 aliphatic heterocycles. The lowest BCUT2D eigenvalue weighted by atomic mass is 9.93. The van der Waals surface area contributed by atoms with Crippen LogP contribution in [0.2, 0.25) is 0 Å². The molecule has 0 unspecified atom stereocenters. The minimum Gasteiger partial charge on any atom is -0.465 e. The lowest BCUT2D eigenvalue weighted by molar-refractivity contribution is 0.0602. The number of aliphatic hydroxyl groups excluding tert-OH is 1. The fraction of sp³-hybridized carbons (Fsp3) is 0.615. The minimum atomic E-state index is -3.87. The molecule has 0 amide bonds. The van der Waals surface area contributed by atoms with Gasteiger partial charge in [0.05, 0.1) is 13.2 Å². The summed E-state index contributed by atoms with van der Waals surface area (Å²) >= 11 is 1.04. The van der Waals surface area contributed by atoms with E-state index < -0.39 is 28.1 Å². The predicted octanol–water partition coefficient (Wildman–Crippen LogP) is 1.42. The molecule has 0 bridgehead atoms. The van der Waals surface area contributed by atoms with Crippen LogP contribution in [0.1, 0.15) is 40.9 Å². The average Bonchev–Trinajstić information content (AvgIpc) is 2.83. The Labute approximate surface area is 128 Å². The van der Waals surface area contributed by atoms with Crippen LogP contribution in [0.15, 0.2) is 10.3 Å². The fourth-order valence-corrected chi connectivity index (χ4v) is 5.52. The first-order chi connectivity index (χ1) is 9.86. The Kier molecular flexibility index (Phi) is 5.03. The van der Waals surface area contributed by atoms with Gasteiger partial charge in [-0.05, 0) is 30.7 Å². The van der Waals surface area contributed by atoms with Crippen LogP contribution in [-0.4, -0.2) is 38.7 Å². The van der Waals surface area contributed by atoms with Crippen molar-refractivity contribution in [3.05, 3.63) is 15.8 Å². The molecule has 8 heteroatoms. The van der Waals surface area contributed by atoms with E-state index in [-0.39, 0.29) is 9.77 Å². The van der Waals surface area contributed by atoms with E-state index in [0.717, 1.165) is 24.2 Å². The topological polar surface area (TPSA) is 92.7 Å². The van der Waals surface area contributed by atoms with Crippen molar-refractivity contribution < 1.29 is 23.1 Å². The van der Waals surface area contributed by atoms with Crippen molar-refractivity contribution in [2.45, 2.75) is 49.6 Å². The van der Waals surface area contributed by atoms with Gasteiger partial charge in [-0.25, -0.2) is 17.9 Å². The number of hydrogen-bond donors (Lipinski definition) is 2. The van der Waals surface area contributed by atoms with Gasteiger partial charge in [0.1, 0.15) is 9.77 Å². The van der Waals surface area contributed by atoms with E-state index in [9.17, 15) is 18.3 Å². The summed E-state index contributed by atoms with van der Waals surface area (Å²) in [6, 6.07) is -0.506. The highest BCUT2D eigenvalue weighted by Crippen LogP contribution is 2.29. The first kappa shape index (κ1) is 16.4. The van der Waals surface area contributed by atoms with Crippen LogP contribution in [0, 0.1) is 6.92 Å². The molecule has 6 nitrogen and oxygen atoms in total. The Morgan fingerprint density at radius 3 is 2.71 bits per heavy atom. The monoisotopic (exact) mass is 333 g/mol. The molecule has 1 saturated carbocycles. The summed E-state index contributed by atoms with van der Waals surface area (Å²) in [5.74, 6) is -0.669. The Balaban J connectivity index is 2.31. The molecule has 2 rings (SSSR count). The first-order valence-corrected chi connectivity index (χ1v) is 9.10. The Morgan fingerprint density at radius 1 is 1.43 bits per heavy atom.